The van der Waals surface area contributed by atoms with Gasteiger partial charge in [-0.25, -0.2) is 0 Å². The Balaban J connectivity index is 0.000000295. The maximum absolute atomic E-state index is 7.75. The minimum atomic E-state index is -2.12. The summed E-state index contributed by atoms with van der Waals surface area (Å²) < 4.78 is 29.3. The van der Waals surface area contributed by atoms with E-state index in [1.807, 2.05) is 48.7 Å². The number of para-hydroxylation sites is 2. The van der Waals surface area contributed by atoms with E-state index >= 15 is 0 Å². The molecule has 63 heavy (non-hydrogen) atoms. The molecule has 0 fully saturated rings. The topological polar surface area (TPSA) is 30.7 Å². The molecule has 0 amide bonds. The zero-order valence-electron chi connectivity index (χ0n) is 39.7. The van der Waals surface area contributed by atoms with Crippen LogP contribution < -0.4 is 4.40 Å². The molecule has 3 nitrogen and oxygen atoms in total. The van der Waals surface area contributed by atoms with Crippen LogP contribution in [0.2, 0.25) is 17.3 Å². The van der Waals surface area contributed by atoms with Crippen LogP contribution >= 0.6 is 11.3 Å². The first-order valence-corrected chi connectivity index (χ1v) is 29.3. The van der Waals surface area contributed by atoms with Gasteiger partial charge in [0.1, 0.15) is 0 Å². The number of aryl methyl sites for hydroxylation is 2. The predicted molar refractivity (Wildman–Crippen MR) is 269 cm³/mol. The molecular formula is C57H51GeIrN3S-2. The minimum Gasteiger partial charge on any atom is 0 e. The first-order chi connectivity index (χ1) is 31.0. The van der Waals surface area contributed by atoms with E-state index in [1.165, 1.54) is 31.0 Å². The second kappa shape index (κ2) is 18.0. The smallest absolute Gasteiger partial charge is 0 e. The fourth-order valence-electron chi connectivity index (χ4n) is 8.02. The van der Waals surface area contributed by atoms with Crippen molar-refractivity contribution in [1.82, 2.24) is 14.5 Å². The zero-order valence-corrected chi connectivity index (χ0v) is 42.0. The second-order valence-corrected chi connectivity index (χ2v) is 29.7. The molecule has 0 atom stereocenters. The average molecular weight is 1080 g/mol. The van der Waals surface area contributed by atoms with Crippen molar-refractivity contribution in [2.24, 2.45) is 0 Å². The number of benzene rings is 7. The van der Waals surface area contributed by atoms with E-state index in [0.29, 0.717) is 5.56 Å². The molecule has 0 N–H and O–H groups in total. The van der Waals surface area contributed by atoms with Crippen molar-refractivity contribution in [3.8, 4) is 50.6 Å². The van der Waals surface area contributed by atoms with Crippen LogP contribution in [-0.4, -0.2) is 27.8 Å². The Morgan fingerprint density at radius 1 is 0.730 bits per heavy atom. The van der Waals surface area contributed by atoms with Crippen LogP contribution in [0.15, 0.2) is 164 Å². The monoisotopic (exact) mass is 1080 g/mol. The van der Waals surface area contributed by atoms with Crippen molar-refractivity contribution in [2.75, 3.05) is 0 Å². The molecule has 315 valence electrons. The van der Waals surface area contributed by atoms with Gasteiger partial charge in [-0.3, -0.25) is 4.98 Å². The summed E-state index contributed by atoms with van der Waals surface area (Å²) in [4.78, 5) is 9.83. The Hall–Kier alpha value is -5.43. The molecule has 0 aliphatic carbocycles. The van der Waals surface area contributed by atoms with Crippen LogP contribution in [-0.2, 0) is 25.5 Å². The molecule has 1 radical (unpaired) electrons. The Bertz CT molecular complexity index is 3310. The molecule has 10 rings (SSSR count). The van der Waals surface area contributed by atoms with Crippen LogP contribution in [0.1, 0.15) is 41.6 Å². The molecule has 6 heteroatoms. The molecular weight excluding hydrogens is 1020 g/mol. The van der Waals surface area contributed by atoms with Gasteiger partial charge in [0.05, 0.1) is 16.9 Å². The van der Waals surface area contributed by atoms with Gasteiger partial charge < -0.3 is 4.57 Å². The summed E-state index contributed by atoms with van der Waals surface area (Å²) in [7, 11) is 0. The van der Waals surface area contributed by atoms with Gasteiger partial charge in [0, 0.05) is 40.2 Å². The van der Waals surface area contributed by atoms with Crippen molar-refractivity contribution in [3.05, 3.63) is 193 Å². The summed E-state index contributed by atoms with van der Waals surface area (Å²) in [5.74, 6) is 8.00. The first-order valence-electron chi connectivity index (χ1n) is 22.6. The van der Waals surface area contributed by atoms with Gasteiger partial charge in [0.25, 0.3) is 0 Å². The van der Waals surface area contributed by atoms with Crippen molar-refractivity contribution >= 4 is 60.2 Å². The summed E-state index contributed by atoms with van der Waals surface area (Å²) in [5, 5.41) is 2.40. The molecule has 7 aromatic carbocycles. The molecule has 0 saturated heterocycles. The molecule has 0 aliphatic heterocycles. The summed E-state index contributed by atoms with van der Waals surface area (Å²) in [6.07, 6.45) is 2.04. The quantitative estimate of drug-likeness (QED) is 0.123. The van der Waals surface area contributed by atoms with Gasteiger partial charge in [-0.1, -0.05) is 129 Å². The molecule has 3 heterocycles. The van der Waals surface area contributed by atoms with E-state index in [4.69, 9.17) is 9.10 Å². The Morgan fingerprint density at radius 3 is 2.17 bits per heavy atom. The van der Waals surface area contributed by atoms with Crippen LogP contribution in [0.5, 0.6) is 0 Å². The molecule has 0 saturated carbocycles. The van der Waals surface area contributed by atoms with Crippen LogP contribution in [0.4, 0.5) is 0 Å². The van der Waals surface area contributed by atoms with Gasteiger partial charge in [-0.15, -0.1) is 17.7 Å². The number of aromatic nitrogens is 3. The number of nitrogens with zero attached hydrogens (tertiary/aromatic N) is 3. The van der Waals surface area contributed by atoms with Gasteiger partial charge in [-0.05, 0) is 74.9 Å². The first kappa shape index (κ1) is 40.4. The van der Waals surface area contributed by atoms with Crippen LogP contribution in [0, 0.1) is 25.9 Å². The molecule has 0 bridgehead atoms. The summed E-state index contributed by atoms with van der Waals surface area (Å²) in [5.41, 5.74) is 13.3. The average Bonchev–Trinajstić information content (AvgIpc) is 3.88. The zero-order chi connectivity index (χ0) is 45.7. The van der Waals surface area contributed by atoms with Gasteiger partial charge in [0.2, 0.25) is 0 Å². The van der Waals surface area contributed by atoms with Gasteiger partial charge in [-0.2, -0.15) is 11.3 Å². The number of hydrogen-bond acceptors (Lipinski definition) is 3. The number of imidazole rings is 1. The third kappa shape index (κ3) is 9.03. The summed E-state index contributed by atoms with van der Waals surface area (Å²) in [6.45, 7) is 6.80. The molecule has 0 unspecified atom stereocenters. The second-order valence-electron chi connectivity index (χ2n) is 18.0. The fraction of sp³-hybridized carbons (Fsp3) is 0.158. The summed E-state index contributed by atoms with van der Waals surface area (Å²) in [6, 6.07) is 60.8. The number of hydrogen-bond donors (Lipinski definition) is 0. The summed E-state index contributed by atoms with van der Waals surface area (Å²) >= 11 is 0.0433. The molecule has 10 aromatic rings. The molecule has 3 aromatic heterocycles. The van der Waals surface area contributed by atoms with E-state index in [0.717, 1.165) is 66.3 Å². The SMILES string of the molecule is [2H]C([2H])([2H])c1ccc(-c2ccc3c(c2)sc2c(-c4nc5ccccc5n4-c4ccc(C(C)(C)C)cc4-c4ccccc4)[c-]cc(C)c23)cc1.[CH3][Ge]([CH3])([CH3])[c]1ccc(-c2[c-]cccc2)nc1.[Ir]. The molecule has 0 aliphatic rings. The number of pyridine rings is 1. The fourth-order valence-corrected chi connectivity index (χ4v) is 11.5. The van der Waals surface area contributed by atoms with Gasteiger partial charge in [0.15, 0.2) is 0 Å². The van der Waals surface area contributed by atoms with E-state index in [9.17, 15) is 0 Å². The standard InChI is InChI=1S/C43H35N2S.C14H16GeN.Ir/c1-27-15-18-29(19-16-27)31-20-23-33-39(25-31)46-41-34(22-17-28(2)40(33)41)42-44-36-13-9-10-14-38(36)45(42)37-24-21-32(43(3,4)5)26-35(37)30-11-7-6-8-12-30;1-15(2,3)13-9-10-14(16-11-13)12-7-5-4-6-8-12;/h6-21,23-26H,1-5H3;4-7,9-11H,1-3H3;/q2*-1;/i1D3;;. The van der Waals surface area contributed by atoms with Crippen molar-refractivity contribution in [2.45, 2.75) is 57.2 Å². The largest absolute Gasteiger partial charge is 0 e. The Kier molecular flexibility index (Phi) is 11.5. The Morgan fingerprint density at radius 2 is 1.48 bits per heavy atom. The number of thiophene rings is 1. The number of fused-ring (bicyclic) bond motifs is 4. The normalized spacial score (nSPS) is 12.6. The van der Waals surface area contributed by atoms with Crippen molar-refractivity contribution in [3.63, 3.8) is 0 Å². The van der Waals surface area contributed by atoms with E-state index in [-0.39, 0.29) is 25.5 Å². The molecule has 0 spiro atoms. The minimum absolute atomic E-state index is 0. The van der Waals surface area contributed by atoms with Crippen molar-refractivity contribution < 1.29 is 24.2 Å². The maximum Gasteiger partial charge on any atom is 0 e. The van der Waals surface area contributed by atoms with Gasteiger partial charge >= 0.3 is 99.8 Å². The van der Waals surface area contributed by atoms with Crippen LogP contribution in [0.3, 0.4) is 0 Å². The predicted octanol–water partition coefficient (Wildman–Crippen LogP) is 15.2. The number of rotatable bonds is 6. The van der Waals surface area contributed by atoms with E-state index in [1.54, 1.807) is 23.5 Å². The Labute approximate surface area is 396 Å². The maximum atomic E-state index is 7.75. The van der Waals surface area contributed by atoms with E-state index in [2.05, 4.69) is 170 Å². The van der Waals surface area contributed by atoms with E-state index < -0.39 is 20.1 Å². The third-order valence-electron chi connectivity index (χ3n) is 11.5. The van der Waals surface area contributed by atoms with Crippen LogP contribution in [0.25, 0.3) is 81.8 Å². The third-order valence-corrected chi connectivity index (χ3v) is 17.0. The van der Waals surface area contributed by atoms with Crippen molar-refractivity contribution in [1.29, 1.82) is 0 Å².